The fourth-order valence-corrected chi connectivity index (χ4v) is 3.21. The number of morpholine rings is 1. The van der Waals surface area contributed by atoms with Gasteiger partial charge in [0.1, 0.15) is 0 Å². The van der Waals surface area contributed by atoms with Gasteiger partial charge in [-0.25, -0.2) is 0 Å². The van der Waals surface area contributed by atoms with Gasteiger partial charge in [-0.05, 0) is 28.1 Å². The van der Waals surface area contributed by atoms with E-state index in [0.29, 0.717) is 23.9 Å². The summed E-state index contributed by atoms with van der Waals surface area (Å²) in [6.45, 7) is 2.98. The normalized spacial score (nSPS) is 15.0. The van der Waals surface area contributed by atoms with Crippen LogP contribution in [0.4, 0.5) is 10.3 Å². The third-order valence-corrected chi connectivity index (χ3v) is 4.63. The lowest BCUT2D eigenvalue weighted by molar-refractivity contribution is 0.102. The maximum Gasteiger partial charge on any atom is 0.258 e. The summed E-state index contributed by atoms with van der Waals surface area (Å²) in [6, 6.07) is 7.26. The number of aromatic nitrogens is 2. The van der Waals surface area contributed by atoms with Crippen LogP contribution in [0.3, 0.4) is 0 Å². The van der Waals surface area contributed by atoms with Crippen LogP contribution < -0.4 is 10.2 Å². The molecule has 1 saturated heterocycles. The van der Waals surface area contributed by atoms with E-state index in [1.165, 1.54) is 11.3 Å². The first-order valence-corrected chi connectivity index (χ1v) is 8.07. The van der Waals surface area contributed by atoms with Gasteiger partial charge < -0.3 is 9.64 Å². The molecule has 1 amide bonds. The molecule has 0 saturated carbocycles. The molecule has 0 atom stereocenters. The molecule has 1 N–H and O–H groups in total. The van der Waals surface area contributed by atoms with Gasteiger partial charge in [-0.1, -0.05) is 23.5 Å². The molecule has 1 aromatic carbocycles. The van der Waals surface area contributed by atoms with Crippen molar-refractivity contribution in [3.8, 4) is 0 Å². The number of carbonyl (C=O) groups excluding carboxylic acids is 1. The van der Waals surface area contributed by atoms with E-state index in [1.54, 1.807) is 6.07 Å². The summed E-state index contributed by atoms with van der Waals surface area (Å²) in [6.07, 6.45) is 0. The van der Waals surface area contributed by atoms with E-state index in [0.717, 1.165) is 22.7 Å². The summed E-state index contributed by atoms with van der Waals surface area (Å²) in [5, 5.41) is 12.2. The summed E-state index contributed by atoms with van der Waals surface area (Å²) >= 11 is 4.73. The van der Waals surface area contributed by atoms with Crippen LogP contribution in [-0.4, -0.2) is 42.4 Å². The van der Waals surface area contributed by atoms with Crippen LogP contribution in [0.1, 0.15) is 10.4 Å². The Bertz CT molecular complexity index is 643. The first kappa shape index (κ1) is 14.4. The molecule has 0 spiro atoms. The van der Waals surface area contributed by atoms with Crippen LogP contribution in [0, 0.1) is 0 Å². The average Bonchev–Trinajstić information content (AvgIpc) is 2.97. The zero-order valence-corrected chi connectivity index (χ0v) is 13.5. The van der Waals surface area contributed by atoms with E-state index in [-0.39, 0.29) is 5.91 Å². The highest BCUT2D eigenvalue weighted by Crippen LogP contribution is 2.25. The minimum atomic E-state index is -0.202. The monoisotopic (exact) mass is 368 g/mol. The van der Waals surface area contributed by atoms with Crippen LogP contribution in [-0.2, 0) is 4.74 Å². The van der Waals surface area contributed by atoms with Gasteiger partial charge in [0.15, 0.2) is 0 Å². The molecule has 1 aliphatic rings. The average molecular weight is 369 g/mol. The highest BCUT2D eigenvalue weighted by atomic mass is 79.9. The summed E-state index contributed by atoms with van der Waals surface area (Å²) in [5.74, 6) is -0.202. The number of halogens is 1. The SMILES string of the molecule is O=C(Nc1nnc(N2CCOCC2)s1)c1ccccc1Br. The molecular formula is C13H13BrN4O2S. The highest BCUT2D eigenvalue weighted by molar-refractivity contribution is 9.10. The Morgan fingerprint density at radius 1 is 1.29 bits per heavy atom. The molecule has 1 fully saturated rings. The molecule has 110 valence electrons. The van der Waals surface area contributed by atoms with E-state index >= 15 is 0 Å². The lowest BCUT2D eigenvalue weighted by atomic mass is 10.2. The number of carbonyl (C=O) groups is 1. The maximum absolute atomic E-state index is 12.2. The number of anilines is 2. The fourth-order valence-electron chi connectivity index (χ4n) is 1.96. The molecule has 21 heavy (non-hydrogen) atoms. The molecule has 8 heteroatoms. The Morgan fingerprint density at radius 3 is 2.81 bits per heavy atom. The zero-order valence-electron chi connectivity index (χ0n) is 11.1. The van der Waals surface area contributed by atoms with Gasteiger partial charge in [0.2, 0.25) is 10.3 Å². The van der Waals surface area contributed by atoms with Crippen LogP contribution in [0.25, 0.3) is 0 Å². The number of hydrogen-bond acceptors (Lipinski definition) is 6. The number of benzene rings is 1. The van der Waals surface area contributed by atoms with E-state index < -0.39 is 0 Å². The van der Waals surface area contributed by atoms with Gasteiger partial charge in [0, 0.05) is 17.6 Å². The van der Waals surface area contributed by atoms with Crippen molar-refractivity contribution in [2.45, 2.75) is 0 Å². The summed E-state index contributed by atoms with van der Waals surface area (Å²) in [7, 11) is 0. The minimum Gasteiger partial charge on any atom is -0.378 e. The van der Waals surface area contributed by atoms with Gasteiger partial charge in [0.05, 0.1) is 18.8 Å². The molecule has 1 aromatic heterocycles. The molecule has 1 aliphatic heterocycles. The largest absolute Gasteiger partial charge is 0.378 e. The van der Waals surface area contributed by atoms with Crippen LogP contribution in [0.2, 0.25) is 0 Å². The number of ether oxygens (including phenoxy) is 1. The van der Waals surface area contributed by atoms with Gasteiger partial charge in [0.25, 0.3) is 5.91 Å². The number of hydrogen-bond donors (Lipinski definition) is 1. The molecule has 0 unspecified atom stereocenters. The van der Waals surface area contributed by atoms with Crippen molar-refractivity contribution < 1.29 is 9.53 Å². The first-order valence-electron chi connectivity index (χ1n) is 6.46. The predicted molar refractivity (Wildman–Crippen MR) is 85.0 cm³/mol. The lowest BCUT2D eigenvalue weighted by Crippen LogP contribution is -2.36. The molecule has 0 bridgehead atoms. The number of nitrogens with one attached hydrogen (secondary N) is 1. The van der Waals surface area contributed by atoms with Gasteiger partial charge in [-0.3, -0.25) is 10.1 Å². The number of amides is 1. The second-order valence-corrected chi connectivity index (χ2v) is 6.23. The van der Waals surface area contributed by atoms with Crippen molar-refractivity contribution in [3.05, 3.63) is 34.3 Å². The lowest BCUT2D eigenvalue weighted by Gasteiger charge is -2.25. The molecule has 3 rings (SSSR count). The molecule has 0 radical (unpaired) electrons. The van der Waals surface area contributed by atoms with E-state index in [4.69, 9.17) is 4.74 Å². The van der Waals surface area contributed by atoms with Gasteiger partial charge in [-0.15, -0.1) is 10.2 Å². The van der Waals surface area contributed by atoms with Crippen molar-refractivity contribution >= 4 is 43.4 Å². The van der Waals surface area contributed by atoms with Crippen LogP contribution >= 0.6 is 27.3 Å². The fraction of sp³-hybridized carbons (Fsp3) is 0.308. The summed E-state index contributed by atoms with van der Waals surface area (Å²) in [4.78, 5) is 14.3. The van der Waals surface area contributed by atoms with Gasteiger partial charge in [-0.2, -0.15) is 0 Å². The Balaban J connectivity index is 1.69. The van der Waals surface area contributed by atoms with E-state index in [1.807, 2.05) is 18.2 Å². The Morgan fingerprint density at radius 2 is 2.05 bits per heavy atom. The number of nitrogens with zero attached hydrogens (tertiary/aromatic N) is 3. The Labute approximate surface area is 134 Å². The Hall–Kier alpha value is -1.51. The summed E-state index contributed by atoms with van der Waals surface area (Å²) in [5.41, 5.74) is 0.570. The van der Waals surface area contributed by atoms with Crippen LogP contribution in [0.5, 0.6) is 0 Å². The third-order valence-electron chi connectivity index (χ3n) is 3.03. The van der Waals surface area contributed by atoms with Crippen molar-refractivity contribution in [1.29, 1.82) is 0 Å². The maximum atomic E-state index is 12.2. The second kappa shape index (κ2) is 6.50. The van der Waals surface area contributed by atoms with E-state index in [2.05, 4.69) is 36.3 Å². The Kier molecular flexibility index (Phi) is 4.47. The van der Waals surface area contributed by atoms with Crippen molar-refractivity contribution in [2.75, 3.05) is 36.5 Å². The smallest absolute Gasteiger partial charge is 0.258 e. The molecule has 2 heterocycles. The predicted octanol–water partition coefficient (Wildman–Crippen LogP) is 2.39. The topological polar surface area (TPSA) is 67.4 Å². The van der Waals surface area contributed by atoms with Gasteiger partial charge >= 0.3 is 0 Å². The summed E-state index contributed by atoms with van der Waals surface area (Å²) < 4.78 is 6.05. The highest BCUT2D eigenvalue weighted by Gasteiger charge is 2.17. The van der Waals surface area contributed by atoms with Crippen molar-refractivity contribution in [3.63, 3.8) is 0 Å². The quantitative estimate of drug-likeness (QED) is 0.900. The minimum absolute atomic E-state index is 0.202. The molecular weight excluding hydrogens is 356 g/mol. The standard InChI is InChI=1S/C13H13BrN4O2S/c14-10-4-2-1-3-9(10)11(19)15-12-16-17-13(21-12)18-5-7-20-8-6-18/h1-4H,5-8H2,(H,15,16,19). The van der Waals surface area contributed by atoms with Crippen LogP contribution in [0.15, 0.2) is 28.7 Å². The van der Waals surface area contributed by atoms with E-state index in [9.17, 15) is 4.79 Å². The molecule has 0 aliphatic carbocycles. The van der Waals surface area contributed by atoms with Crippen molar-refractivity contribution in [2.24, 2.45) is 0 Å². The molecule has 6 nitrogen and oxygen atoms in total. The number of rotatable bonds is 3. The zero-order chi connectivity index (χ0) is 14.7. The first-order chi connectivity index (χ1) is 10.2. The molecule has 2 aromatic rings. The third kappa shape index (κ3) is 3.39. The van der Waals surface area contributed by atoms with Crippen molar-refractivity contribution in [1.82, 2.24) is 10.2 Å². The second-order valence-electron chi connectivity index (χ2n) is 4.42.